The first-order chi connectivity index (χ1) is 27.2. The highest BCUT2D eigenvalue weighted by atomic mass is 14.2. The Morgan fingerprint density at radius 2 is 0.708 bits per heavy atom. The summed E-state index contributed by atoms with van der Waals surface area (Å²) in [4.78, 5) is 0. The molecule has 0 aromatic heterocycles. The molecule has 0 bridgehead atoms. The Kier molecular flexibility index (Phi) is 4.46. The molecule has 0 amide bonds. The number of fused-ring (bicyclic) bond motifs is 9. The molecule has 0 heteroatoms. The molecule has 222 valence electrons. The van der Waals surface area contributed by atoms with Gasteiger partial charge in [0.2, 0.25) is 0 Å². The summed E-state index contributed by atoms with van der Waals surface area (Å²) in [7, 11) is 0. The van der Waals surface area contributed by atoms with Crippen LogP contribution in [0.3, 0.4) is 0 Å². The molecule has 0 aliphatic rings. The number of rotatable bonds is 3. The van der Waals surface area contributed by atoms with Crippen molar-refractivity contribution in [3.8, 4) is 33.4 Å². The van der Waals surface area contributed by atoms with Crippen LogP contribution in [0.1, 0.15) is 11.0 Å². The quantitative estimate of drug-likeness (QED) is 0.137. The van der Waals surface area contributed by atoms with E-state index < -0.39 is 24.2 Å². The molecule has 10 aromatic rings. The van der Waals surface area contributed by atoms with Crippen LogP contribution < -0.4 is 0 Å². The van der Waals surface area contributed by atoms with Gasteiger partial charge in [-0.1, -0.05) is 176 Å². The first-order valence-electron chi connectivity index (χ1n) is 20.0. The van der Waals surface area contributed by atoms with Gasteiger partial charge in [0.05, 0.1) is 11.0 Å². The van der Waals surface area contributed by atoms with E-state index in [0.717, 1.165) is 54.2 Å². The third-order valence-corrected chi connectivity index (χ3v) is 9.68. The van der Waals surface area contributed by atoms with Gasteiger partial charge in [0, 0.05) is 0 Å². The van der Waals surface area contributed by atoms with E-state index in [1.165, 1.54) is 0 Å². The maximum atomic E-state index is 9.41. The molecular weight excluding hydrogens is 577 g/mol. The van der Waals surface area contributed by atoms with Crippen LogP contribution in [-0.2, 0) is 0 Å². The fraction of sp³-hybridized carbons (Fsp3) is 0. The Labute approximate surface area is 290 Å². The van der Waals surface area contributed by atoms with Gasteiger partial charge in [-0.05, 0) is 104 Å². The van der Waals surface area contributed by atoms with Crippen molar-refractivity contribution in [2.75, 3.05) is 0 Å². The molecule has 0 saturated carbocycles. The Morgan fingerprint density at radius 3 is 1.29 bits per heavy atom. The molecule has 0 saturated heterocycles. The summed E-state index contributed by atoms with van der Waals surface area (Å²) < 4.78 is 73.0. The zero-order valence-electron chi connectivity index (χ0n) is 33.7. The third kappa shape index (κ3) is 4.03. The molecule has 48 heavy (non-hydrogen) atoms. The second-order valence-corrected chi connectivity index (χ2v) is 12.2. The second kappa shape index (κ2) is 10.7. The van der Waals surface area contributed by atoms with Gasteiger partial charge in [0.15, 0.2) is 0 Å². The highest BCUT2D eigenvalue weighted by molar-refractivity contribution is 6.27. The van der Waals surface area contributed by atoms with Gasteiger partial charge in [0.25, 0.3) is 0 Å². The minimum atomic E-state index is -0.418. The van der Waals surface area contributed by atoms with Gasteiger partial charge < -0.3 is 0 Å². The van der Waals surface area contributed by atoms with Crippen LogP contribution in [0.15, 0.2) is 182 Å². The zero-order valence-corrected chi connectivity index (χ0v) is 25.7. The van der Waals surface area contributed by atoms with E-state index in [2.05, 4.69) is 48.5 Å². The minimum Gasteiger partial charge on any atom is -0.0616 e. The van der Waals surface area contributed by atoms with Crippen LogP contribution in [0.25, 0.3) is 98.0 Å². The fourth-order valence-electron chi connectivity index (χ4n) is 7.56. The van der Waals surface area contributed by atoms with Crippen molar-refractivity contribution in [1.82, 2.24) is 0 Å². The molecular formula is C48H30. The molecule has 0 N–H and O–H groups in total. The molecule has 0 heterocycles. The summed E-state index contributed by atoms with van der Waals surface area (Å²) in [6.45, 7) is 0. The fourth-order valence-corrected chi connectivity index (χ4v) is 7.56. The van der Waals surface area contributed by atoms with Crippen LogP contribution in [0, 0.1) is 0 Å². The van der Waals surface area contributed by atoms with E-state index in [0.29, 0.717) is 22.3 Å². The molecule has 0 aliphatic carbocycles. The minimum absolute atomic E-state index is 0.199. The first-order valence-corrected chi connectivity index (χ1v) is 16.0. The highest BCUT2D eigenvalue weighted by Crippen LogP contribution is 2.45. The monoisotopic (exact) mass is 614 g/mol. The molecule has 0 nitrogen and oxygen atoms in total. The predicted molar refractivity (Wildman–Crippen MR) is 208 cm³/mol. The Bertz CT molecular complexity index is 3210. The number of hydrogen-bond acceptors (Lipinski definition) is 0. The van der Waals surface area contributed by atoms with Crippen molar-refractivity contribution in [2.45, 2.75) is 0 Å². The molecule has 0 fully saturated rings. The third-order valence-electron chi connectivity index (χ3n) is 9.68. The molecule has 0 radical (unpaired) electrons. The molecule has 0 spiro atoms. The van der Waals surface area contributed by atoms with Gasteiger partial charge in [0.1, 0.15) is 0 Å². The van der Waals surface area contributed by atoms with E-state index >= 15 is 0 Å². The van der Waals surface area contributed by atoms with Crippen LogP contribution in [0.2, 0.25) is 0 Å². The second-order valence-electron chi connectivity index (χ2n) is 12.2. The standard InChI is InChI=1S/C48H30/c1-2-14-35-31(12-1)13-11-23-36(35)32-24-26-33(27-25-32)47-42-19-7-9-21-44(42)48(45-22-10-8-20-43(45)47)34-28-29-41-39-17-4-3-15-37(39)38-16-5-6-18-40(38)46(41)30-34/h1-30H/i7D,8D,9D,10D,19D,20D,21D,22D. The molecule has 0 atom stereocenters. The SMILES string of the molecule is [2H]c1c([2H])c([2H])c2c(-c3ccc4c5ccccc5c5ccccc5c4c3)c3c([2H])c([2H])c([2H])c([2H])c3c(-c3ccc(-c4cccc5ccccc45)cc3)c2c1[2H]. The van der Waals surface area contributed by atoms with Crippen LogP contribution in [0.5, 0.6) is 0 Å². The summed E-state index contributed by atoms with van der Waals surface area (Å²) in [6, 6.07) is 41.4. The van der Waals surface area contributed by atoms with Crippen molar-refractivity contribution in [1.29, 1.82) is 0 Å². The summed E-state index contributed by atoms with van der Waals surface area (Å²) in [5.41, 5.74) is 3.79. The van der Waals surface area contributed by atoms with Gasteiger partial charge in [-0.2, -0.15) is 0 Å². The normalized spacial score (nSPS) is 14.1. The lowest BCUT2D eigenvalue weighted by Gasteiger charge is -2.19. The van der Waals surface area contributed by atoms with Crippen molar-refractivity contribution in [3.05, 3.63) is 182 Å². The zero-order chi connectivity index (χ0) is 38.6. The van der Waals surface area contributed by atoms with E-state index in [-0.39, 0.29) is 45.7 Å². The van der Waals surface area contributed by atoms with Gasteiger partial charge in [-0.25, -0.2) is 0 Å². The van der Waals surface area contributed by atoms with Crippen LogP contribution in [0.4, 0.5) is 0 Å². The van der Waals surface area contributed by atoms with Gasteiger partial charge >= 0.3 is 0 Å². The Morgan fingerprint density at radius 1 is 0.292 bits per heavy atom. The average Bonchev–Trinajstić information content (AvgIpc) is 3.25. The summed E-state index contributed by atoms with van der Waals surface area (Å²) in [6.07, 6.45) is 0. The van der Waals surface area contributed by atoms with E-state index in [1.807, 2.05) is 84.9 Å². The van der Waals surface area contributed by atoms with Crippen LogP contribution >= 0.6 is 0 Å². The maximum absolute atomic E-state index is 9.41. The lowest BCUT2D eigenvalue weighted by Crippen LogP contribution is -1.91. The van der Waals surface area contributed by atoms with Crippen LogP contribution in [-0.4, -0.2) is 0 Å². The Balaban J connectivity index is 1.36. The highest BCUT2D eigenvalue weighted by Gasteiger charge is 2.18. The average molecular weight is 615 g/mol. The summed E-state index contributed by atoms with van der Waals surface area (Å²) in [5.74, 6) is 0. The van der Waals surface area contributed by atoms with E-state index in [4.69, 9.17) is 5.48 Å². The Hall–Kier alpha value is -6.24. The van der Waals surface area contributed by atoms with Gasteiger partial charge in [-0.15, -0.1) is 0 Å². The summed E-state index contributed by atoms with van der Waals surface area (Å²) >= 11 is 0. The van der Waals surface area contributed by atoms with E-state index in [9.17, 15) is 5.48 Å². The van der Waals surface area contributed by atoms with Gasteiger partial charge in [-0.3, -0.25) is 0 Å². The summed E-state index contributed by atoms with van der Waals surface area (Å²) in [5, 5.41) is 9.15. The molecule has 10 aromatic carbocycles. The first kappa shape index (κ1) is 20.1. The smallest absolute Gasteiger partial charge is 0.0616 e. The van der Waals surface area contributed by atoms with E-state index in [1.54, 1.807) is 0 Å². The van der Waals surface area contributed by atoms with Crippen molar-refractivity contribution >= 4 is 64.6 Å². The maximum Gasteiger partial charge on any atom is 0.0629 e. The number of benzene rings is 10. The lowest BCUT2D eigenvalue weighted by molar-refractivity contribution is 1.63. The van der Waals surface area contributed by atoms with Crippen molar-refractivity contribution in [3.63, 3.8) is 0 Å². The van der Waals surface area contributed by atoms with Crippen molar-refractivity contribution in [2.24, 2.45) is 0 Å². The lowest BCUT2D eigenvalue weighted by atomic mass is 9.84. The number of hydrogen-bond donors (Lipinski definition) is 0. The molecule has 0 unspecified atom stereocenters. The van der Waals surface area contributed by atoms with Crippen molar-refractivity contribution < 1.29 is 11.0 Å². The topological polar surface area (TPSA) is 0 Å². The molecule has 10 rings (SSSR count). The predicted octanol–water partition coefficient (Wildman–Crippen LogP) is 13.6. The largest absolute Gasteiger partial charge is 0.0629 e. The molecule has 0 aliphatic heterocycles.